The largest absolute Gasteiger partial charge is 0.497 e. The van der Waals surface area contributed by atoms with Gasteiger partial charge in [0.05, 0.1) is 13.2 Å². The van der Waals surface area contributed by atoms with Gasteiger partial charge in [-0.25, -0.2) is 0 Å². The van der Waals surface area contributed by atoms with Gasteiger partial charge in [0.15, 0.2) is 0 Å². The van der Waals surface area contributed by atoms with Crippen LogP contribution >= 0.6 is 0 Å². The number of hydrogen-bond donors (Lipinski definition) is 2. The van der Waals surface area contributed by atoms with Crippen molar-refractivity contribution in [3.05, 3.63) is 59.7 Å². The molecule has 2 fully saturated rings. The molecule has 3 aliphatic heterocycles. The fourth-order valence-corrected chi connectivity index (χ4v) is 5.46. The number of nitrogens with one attached hydrogen (secondary N) is 2. The number of nitrogens with zero attached hydrogens (tertiary/aromatic N) is 2. The molecule has 1 spiro atoms. The average Bonchev–Trinajstić information content (AvgIpc) is 3.45. The fraction of sp³-hybridized carbons (Fsp3) is 0.483. The quantitative estimate of drug-likeness (QED) is 0.548. The van der Waals surface area contributed by atoms with Crippen molar-refractivity contribution < 1.29 is 15.7 Å². The van der Waals surface area contributed by atoms with Crippen LogP contribution < -0.4 is 20.1 Å². The molecule has 7 heteroatoms. The van der Waals surface area contributed by atoms with Crippen molar-refractivity contribution in [2.24, 2.45) is 5.41 Å². The minimum Gasteiger partial charge on any atom is -0.497 e. The maximum atomic E-state index is 12.3. The van der Waals surface area contributed by atoms with Gasteiger partial charge in [0.2, 0.25) is 5.91 Å². The van der Waals surface area contributed by atoms with Crippen molar-refractivity contribution in [2.75, 3.05) is 59.3 Å². The molecule has 0 saturated carbocycles. The normalized spacial score (nSPS) is 22.5. The summed E-state index contributed by atoms with van der Waals surface area (Å²) in [5.74, 6) is 1.97. The number of benzene rings is 2. The third-order valence-electron chi connectivity index (χ3n) is 7.30. The zero-order valence-electron chi connectivity index (χ0n) is 22.3. The second-order valence-corrected chi connectivity index (χ2v) is 9.70. The number of methoxy groups -OCH3 is 1. The first-order chi connectivity index (χ1) is 17.5. The standard InChI is InChI=1S/C27H34N4O3.C2H6.H2/c1-28-11-13-34-20-6-4-19(5-7-20)23-15-25(22-9-8-21(33-3)14-24(22)29-23)31-12-10-27(18-31)16-26(32)30(2)17-27;1-2;/h4-9,14-15,23,28-29H,10-13,16-18H2,1-3H3;1-2H3;1H. The Kier molecular flexibility index (Phi) is 8.09. The van der Waals surface area contributed by atoms with Crippen molar-refractivity contribution in [3.8, 4) is 11.5 Å². The van der Waals surface area contributed by atoms with Crippen LogP contribution in [0.2, 0.25) is 0 Å². The molecule has 196 valence electrons. The Morgan fingerprint density at radius 1 is 1.14 bits per heavy atom. The molecule has 7 nitrogen and oxygen atoms in total. The minimum atomic E-state index is 0. The maximum Gasteiger partial charge on any atom is 0.223 e. The predicted octanol–water partition coefficient (Wildman–Crippen LogP) is 4.63. The topological polar surface area (TPSA) is 66.1 Å². The molecule has 2 aromatic rings. The third kappa shape index (κ3) is 5.31. The highest BCUT2D eigenvalue weighted by Gasteiger charge is 2.47. The summed E-state index contributed by atoms with van der Waals surface area (Å²) in [6.07, 6.45) is 4.02. The fourth-order valence-electron chi connectivity index (χ4n) is 5.46. The van der Waals surface area contributed by atoms with Crippen molar-refractivity contribution in [2.45, 2.75) is 32.7 Å². The summed E-state index contributed by atoms with van der Waals surface area (Å²) >= 11 is 0. The van der Waals surface area contributed by atoms with E-state index in [0.717, 1.165) is 49.8 Å². The van der Waals surface area contributed by atoms with Gasteiger partial charge in [-0.2, -0.15) is 0 Å². The number of fused-ring (bicyclic) bond motifs is 1. The second kappa shape index (κ2) is 11.2. The SMILES string of the molecule is CC.CNCCOc1ccc(C2C=C(N3CCC4(CC(=O)N(C)C4)C3)c3ccc(OC)cc3N2)cc1.[HH]. The number of carbonyl (C=O) groups is 1. The van der Waals surface area contributed by atoms with Gasteiger partial charge in [-0.05, 0) is 49.4 Å². The molecule has 36 heavy (non-hydrogen) atoms. The molecule has 0 aliphatic carbocycles. The Bertz CT molecular complexity index is 1090. The monoisotopic (exact) mass is 494 g/mol. The van der Waals surface area contributed by atoms with Gasteiger partial charge >= 0.3 is 0 Å². The van der Waals surface area contributed by atoms with Gasteiger partial charge in [0.25, 0.3) is 0 Å². The number of carbonyl (C=O) groups excluding carboxylic acids is 1. The predicted molar refractivity (Wildman–Crippen MR) is 148 cm³/mol. The number of hydrogen-bond acceptors (Lipinski definition) is 6. The van der Waals surface area contributed by atoms with Crippen molar-refractivity contribution in [3.63, 3.8) is 0 Å². The highest BCUT2D eigenvalue weighted by molar-refractivity contribution is 5.82. The van der Waals surface area contributed by atoms with Crippen molar-refractivity contribution >= 4 is 17.3 Å². The van der Waals surface area contributed by atoms with E-state index in [1.54, 1.807) is 7.11 Å². The molecule has 2 atom stereocenters. The van der Waals surface area contributed by atoms with Crippen LogP contribution in [0.3, 0.4) is 0 Å². The number of ether oxygens (including phenoxy) is 2. The number of likely N-dealkylation sites (N-methyl/N-ethyl adjacent to an activating group) is 1. The van der Waals surface area contributed by atoms with E-state index < -0.39 is 0 Å². The molecule has 2 N–H and O–H groups in total. The molecular weight excluding hydrogens is 452 g/mol. The van der Waals surface area contributed by atoms with E-state index in [1.807, 2.05) is 51.0 Å². The van der Waals surface area contributed by atoms with Gasteiger partial charge in [-0.15, -0.1) is 0 Å². The number of rotatable bonds is 7. The van der Waals surface area contributed by atoms with Gasteiger partial charge < -0.3 is 29.9 Å². The summed E-state index contributed by atoms with van der Waals surface area (Å²) in [6, 6.07) is 14.6. The molecule has 0 aromatic heterocycles. The first kappa shape index (κ1) is 25.9. The van der Waals surface area contributed by atoms with Gasteiger partial charge in [-0.1, -0.05) is 26.0 Å². The van der Waals surface area contributed by atoms with Gasteiger partial charge in [0.1, 0.15) is 18.1 Å². The Morgan fingerprint density at radius 2 is 1.89 bits per heavy atom. The second-order valence-electron chi connectivity index (χ2n) is 9.70. The van der Waals surface area contributed by atoms with Crippen LogP contribution in [-0.2, 0) is 4.79 Å². The van der Waals surface area contributed by atoms with Gasteiger partial charge in [-0.3, -0.25) is 4.79 Å². The van der Waals surface area contributed by atoms with Crippen LogP contribution in [0.15, 0.2) is 48.5 Å². The van der Waals surface area contributed by atoms with Crippen LogP contribution in [0.4, 0.5) is 5.69 Å². The molecule has 3 heterocycles. The molecule has 2 aromatic carbocycles. The van der Waals surface area contributed by atoms with E-state index in [4.69, 9.17) is 9.47 Å². The van der Waals surface area contributed by atoms with Crippen molar-refractivity contribution in [1.29, 1.82) is 0 Å². The van der Waals surface area contributed by atoms with E-state index in [2.05, 4.69) is 45.9 Å². The lowest BCUT2D eigenvalue weighted by molar-refractivity contribution is -0.126. The van der Waals surface area contributed by atoms with Crippen LogP contribution in [0.5, 0.6) is 11.5 Å². The Balaban J connectivity index is 0.00000124. The maximum absolute atomic E-state index is 12.3. The summed E-state index contributed by atoms with van der Waals surface area (Å²) in [4.78, 5) is 16.7. The number of amides is 1. The van der Waals surface area contributed by atoms with Crippen molar-refractivity contribution in [1.82, 2.24) is 15.1 Å². The third-order valence-corrected chi connectivity index (χ3v) is 7.30. The molecule has 2 saturated heterocycles. The Hall–Kier alpha value is -3.19. The Morgan fingerprint density at radius 3 is 2.56 bits per heavy atom. The first-order valence-corrected chi connectivity index (χ1v) is 13.0. The Labute approximate surface area is 216 Å². The average molecular weight is 495 g/mol. The molecule has 0 bridgehead atoms. The highest BCUT2D eigenvalue weighted by atomic mass is 16.5. The summed E-state index contributed by atoms with van der Waals surface area (Å²) < 4.78 is 11.3. The zero-order chi connectivity index (χ0) is 25.7. The lowest BCUT2D eigenvalue weighted by Crippen LogP contribution is -2.30. The number of likely N-dealkylation sites (tertiary alicyclic amines) is 2. The highest BCUT2D eigenvalue weighted by Crippen LogP contribution is 2.45. The van der Waals surface area contributed by atoms with E-state index in [1.165, 1.54) is 16.8 Å². The van der Waals surface area contributed by atoms with Crippen LogP contribution in [0.1, 0.15) is 45.3 Å². The molecular formula is C29H42N4O3. The van der Waals surface area contributed by atoms with E-state index >= 15 is 0 Å². The molecule has 5 rings (SSSR count). The lowest BCUT2D eigenvalue weighted by Gasteiger charge is -2.33. The smallest absolute Gasteiger partial charge is 0.223 e. The molecule has 3 aliphatic rings. The van der Waals surface area contributed by atoms with Crippen LogP contribution in [0.25, 0.3) is 5.70 Å². The van der Waals surface area contributed by atoms with Crippen LogP contribution in [-0.4, -0.2) is 69.7 Å². The zero-order valence-corrected chi connectivity index (χ0v) is 22.3. The van der Waals surface area contributed by atoms with E-state index in [9.17, 15) is 4.79 Å². The molecule has 0 radical (unpaired) electrons. The summed E-state index contributed by atoms with van der Waals surface area (Å²) in [5, 5.41) is 6.79. The van der Waals surface area contributed by atoms with E-state index in [-0.39, 0.29) is 18.8 Å². The van der Waals surface area contributed by atoms with E-state index in [0.29, 0.717) is 13.0 Å². The minimum absolute atomic E-state index is 0. The summed E-state index contributed by atoms with van der Waals surface area (Å²) in [5.41, 5.74) is 4.72. The van der Waals surface area contributed by atoms with Crippen LogP contribution in [0, 0.1) is 5.41 Å². The summed E-state index contributed by atoms with van der Waals surface area (Å²) in [6.45, 7) is 8.18. The molecule has 1 amide bonds. The molecule has 2 unspecified atom stereocenters. The number of anilines is 1. The summed E-state index contributed by atoms with van der Waals surface area (Å²) in [7, 11) is 5.54. The van der Waals surface area contributed by atoms with Gasteiger partial charge in [0, 0.05) is 69.5 Å². The lowest BCUT2D eigenvalue weighted by atomic mass is 9.86. The first-order valence-electron chi connectivity index (χ1n) is 13.0.